The maximum Gasteiger partial charge on any atom is 0.136 e. The van der Waals surface area contributed by atoms with Gasteiger partial charge in [0.15, 0.2) is 0 Å². The highest BCUT2D eigenvalue weighted by Gasteiger charge is 2.67. The largest absolute Gasteiger partial charge is 0.393 e. The minimum atomic E-state index is -0.114. The molecule has 72 valence electrons. The van der Waals surface area contributed by atoms with Gasteiger partial charge in [-0.1, -0.05) is 6.92 Å². The van der Waals surface area contributed by atoms with Gasteiger partial charge >= 0.3 is 0 Å². The lowest BCUT2D eigenvalue weighted by atomic mass is 9.49. The van der Waals surface area contributed by atoms with E-state index in [2.05, 4.69) is 6.92 Å². The van der Waals surface area contributed by atoms with E-state index >= 15 is 0 Å². The van der Waals surface area contributed by atoms with Crippen LogP contribution >= 0.6 is 0 Å². The van der Waals surface area contributed by atoms with E-state index in [0.717, 1.165) is 25.7 Å². The number of hydrogen-bond donors (Lipinski definition) is 1. The van der Waals surface area contributed by atoms with E-state index in [1.807, 2.05) is 0 Å². The monoisotopic (exact) mass is 180 g/mol. The molecule has 2 heteroatoms. The maximum atomic E-state index is 11.6. The van der Waals surface area contributed by atoms with Crippen molar-refractivity contribution in [2.75, 3.05) is 0 Å². The first-order chi connectivity index (χ1) is 6.14. The number of Topliss-reactive ketones (excluding diaryl/α,β-unsaturated/α-hetero) is 1. The van der Waals surface area contributed by atoms with Crippen molar-refractivity contribution in [2.45, 2.75) is 38.7 Å². The highest BCUT2D eigenvalue weighted by atomic mass is 16.3. The molecular formula is C11H16O2. The summed E-state index contributed by atoms with van der Waals surface area (Å²) in [5, 5.41) is 9.81. The fourth-order valence-corrected chi connectivity index (χ4v) is 4.38. The molecule has 3 aliphatic rings. The predicted molar refractivity (Wildman–Crippen MR) is 48.1 cm³/mol. The second kappa shape index (κ2) is 2.17. The van der Waals surface area contributed by atoms with Gasteiger partial charge in [-0.15, -0.1) is 0 Å². The molecule has 0 bridgehead atoms. The van der Waals surface area contributed by atoms with Crippen LogP contribution in [0.2, 0.25) is 0 Å². The lowest BCUT2D eigenvalue weighted by Gasteiger charge is -2.54. The second-order valence-corrected chi connectivity index (χ2v) is 5.28. The van der Waals surface area contributed by atoms with Crippen molar-refractivity contribution in [3.05, 3.63) is 0 Å². The van der Waals surface area contributed by atoms with Gasteiger partial charge in [0.25, 0.3) is 0 Å². The average molecular weight is 180 g/mol. The van der Waals surface area contributed by atoms with Crippen LogP contribution < -0.4 is 0 Å². The van der Waals surface area contributed by atoms with Gasteiger partial charge in [0.1, 0.15) is 5.78 Å². The van der Waals surface area contributed by atoms with Crippen molar-refractivity contribution in [3.63, 3.8) is 0 Å². The van der Waals surface area contributed by atoms with E-state index in [9.17, 15) is 9.90 Å². The predicted octanol–water partition coefficient (Wildman–Crippen LogP) is 1.37. The third-order valence-corrected chi connectivity index (χ3v) is 4.83. The van der Waals surface area contributed by atoms with E-state index in [-0.39, 0.29) is 11.5 Å². The summed E-state index contributed by atoms with van der Waals surface area (Å²) in [5.74, 6) is 1.77. The summed E-state index contributed by atoms with van der Waals surface area (Å²) in [6.07, 6.45) is 3.68. The van der Waals surface area contributed by atoms with Gasteiger partial charge in [0.2, 0.25) is 0 Å². The zero-order valence-corrected chi connectivity index (χ0v) is 7.99. The molecule has 0 amide bonds. The van der Waals surface area contributed by atoms with Gasteiger partial charge in [0, 0.05) is 12.3 Å². The zero-order valence-electron chi connectivity index (χ0n) is 7.99. The molecule has 0 aromatic heterocycles. The SMILES string of the molecule is C[C@]12CC[C@@H](O)[C@H]1[C@@H]1CCC(=O)[C@@H]12. The van der Waals surface area contributed by atoms with Crippen LogP contribution in [0, 0.1) is 23.2 Å². The summed E-state index contributed by atoms with van der Waals surface area (Å²) >= 11 is 0. The maximum absolute atomic E-state index is 11.6. The third-order valence-electron chi connectivity index (χ3n) is 4.83. The van der Waals surface area contributed by atoms with E-state index in [1.54, 1.807) is 0 Å². The van der Waals surface area contributed by atoms with Gasteiger partial charge in [-0.3, -0.25) is 4.79 Å². The fraction of sp³-hybridized carbons (Fsp3) is 0.909. The topological polar surface area (TPSA) is 37.3 Å². The number of rotatable bonds is 0. The quantitative estimate of drug-likeness (QED) is 0.611. The molecule has 3 saturated carbocycles. The number of ketones is 1. The molecular weight excluding hydrogens is 164 g/mol. The van der Waals surface area contributed by atoms with Crippen LogP contribution in [0.5, 0.6) is 0 Å². The summed E-state index contributed by atoms with van der Waals surface area (Å²) < 4.78 is 0. The second-order valence-electron chi connectivity index (χ2n) is 5.28. The van der Waals surface area contributed by atoms with Crippen molar-refractivity contribution in [1.82, 2.24) is 0 Å². The fourth-order valence-electron chi connectivity index (χ4n) is 4.38. The number of aliphatic hydroxyl groups excluding tert-OH is 1. The molecule has 0 aromatic carbocycles. The average Bonchev–Trinajstić information content (AvgIpc) is 2.49. The smallest absolute Gasteiger partial charge is 0.136 e. The molecule has 0 saturated heterocycles. The van der Waals surface area contributed by atoms with E-state index in [1.165, 1.54) is 0 Å². The first-order valence-corrected chi connectivity index (χ1v) is 5.35. The Morgan fingerprint density at radius 1 is 1.46 bits per heavy atom. The van der Waals surface area contributed by atoms with Crippen molar-refractivity contribution in [2.24, 2.45) is 23.2 Å². The molecule has 0 heterocycles. The van der Waals surface area contributed by atoms with E-state index in [0.29, 0.717) is 23.5 Å². The summed E-state index contributed by atoms with van der Waals surface area (Å²) in [6.45, 7) is 2.21. The van der Waals surface area contributed by atoms with Gasteiger partial charge in [-0.2, -0.15) is 0 Å². The van der Waals surface area contributed by atoms with Gasteiger partial charge in [-0.05, 0) is 36.5 Å². The van der Waals surface area contributed by atoms with Crippen LogP contribution in [0.25, 0.3) is 0 Å². The number of carbonyl (C=O) groups excluding carboxylic acids is 1. The van der Waals surface area contributed by atoms with Crippen molar-refractivity contribution < 1.29 is 9.90 Å². The Hall–Kier alpha value is -0.370. The molecule has 0 aliphatic heterocycles. The van der Waals surface area contributed by atoms with Gasteiger partial charge in [0.05, 0.1) is 6.10 Å². The van der Waals surface area contributed by atoms with Crippen LogP contribution in [0.15, 0.2) is 0 Å². The molecule has 5 atom stereocenters. The Labute approximate surface area is 78.3 Å². The van der Waals surface area contributed by atoms with Crippen LogP contribution in [-0.2, 0) is 4.79 Å². The summed E-state index contributed by atoms with van der Waals surface area (Å²) in [7, 11) is 0. The number of aliphatic hydroxyl groups is 1. The number of fused-ring (bicyclic) bond motifs is 4. The lowest BCUT2D eigenvalue weighted by molar-refractivity contribution is -0.146. The van der Waals surface area contributed by atoms with E-state index < -0.39 is 0 Å². The van der Waals surface area contributed by atoms with Gasteiger partial charge in [-0.25, -0.2) is 0 Å². The molecule has 3 aliphatic carbocycles. The summed E-state index contributed by atoms with van der Waals surface area (Å²) in [4.78, 5) is 11.6. The molecule has 0 spiro atoms. The molecule has 0 aromatic rings. The highest BCUT2D eigenvalue weighted by Crippen LogP contribution is 2.68. The molecule has 1 N–H and O–H groups in total. The Morgan fingerprint density at radius 3 is 3.00 bits per heavy atom. The van der Waals surface area contributed by atoms with Crippen molar-refractivity contribution >= 4 is 5.78 Å². The van der Waals surface area contributed by atoms with Crippen LogP contribution in [0.4, 0.5) is 0 Å². The molecule has 0 radical (unpaired) electrons. The Morgan fingerprint density at radius 2 is 2.23 bits per heavy atom. The standard InChI is InChI=1S/C11H16O2/c1-11-5-4-8(13)10(11)6-2-3-7(12)9(6)11/h6,8-10,13H,2-5H2,1H3/t6-,8-,9-,10-,11-/m1/s1. The van der Waals surface area contributed by atoms with Crippen molar-refractivity contribution in [3.8, 4) is 0 Å². The molecule has 0 unspecified atom stereocenters. The molecule has 2 nitrogen and oxygen atoms in total. The number of hydrogen-bond acceptors (Lipinski definition) is 2. The minimum absolute atomic E-state index is 0.114. The minimum Gasteiger partial charge on any atom is -0.393 e. The first kappa shape index (κ1) is 7.98. The highest BCUT2D eigenvalue weighted by molar-refractivity contribution is 5.86. The Balaban J connectivity index is 1.96. The van der Waals surface area contributed by atoms with Gasteiger partial charge < -0.3 is 5.11 Å². The van der Waals surface area contributed by atoms with Crippen LogP contribution in [0.1, 0.15) is 32.6 Å². The first-order valence-electron chi connectivity index (χ1n) is 5.35. The summed E-state index contributed by atoms with van der Waals surface area (Å²) in [5.41, 5.74) is 0.178. The molecule has 3 fully saturated rings. The normalized spacial score (nSPS) is 58.8. The third kappa shape index (κ3) is 0.723. The Kier molecular flexibility index (Phi) is 1.33. The lowest BCUT2D eigenvalue weighted by Crippen LogP contribution is -2.54. The summed E-state index contributed by atoms with van der Waals surface area (Å²) in [6, 6.07) is 0. The zero-order chi connectivity index (χ0) is 9.22. The molecule has 3 rings (SSSR count). The number of carbonyl (C=O) groups is 1. The molecule has 13 heavy (non-hydrogen) atoms. The van der Waals surface area contributed by atoms with Crippen molar-refractivity contribution in [1.29, 1.82) is 0 Å². The Bertz CT molecular complexity index is 273. The van der Waals surface area contributed by atoms with Crippen LogP contribution in [-0.4, -0.2) is 17.0 Å². The van der Waals surface area contributed by atoms with E-state index in [4.69, 9.17) is 0 Å². The van der Waals surface area contributed by atoms with Crippen LogP contribution in [0.3, 0.4) is 0 Å².